The lowest BCUT2D eigenvalue weighted by Crippen LogP contribution is -2.44. The lowest BCUT2D eigenvalue weighted by atomic mass is 10.1. The highest BCUT2D eigenvalue weighted by atomic mass is 16.2. The summed E-state index contributed by atoms with van der Waals surface area (Å²) >= 11 is 0. The molecular formula is C23H26N4O2. The number of benzene rings is 2. The normalized spacial score (nSPS) is 16.5. The third-order valence-electron chi connectivity index (χ3n) is 5.53. The zero-order valence-electron chi connectivity index (χ0n) is 16.7. The highest BCUT2D eigenvalue weighted by Gasteiger charge is 2.35. The average Bonchev–Trinajstić information content (AvgIpc) is 3.25. The van der Waals surface area contributed by atoms with Crippen molar-refractivity contribution in [2.24, 2.45) is 0 Å². The molecule has 29 heavy (non-hydrogen) atoms. The summed E-state index contributed by atoms with van der Waals surface area (Å²) in [6.07, 6.45) is 1.83. The number of nitrogens with zero attached hydrogens (tertiary/aromatic N) is 3. The van der Waals surface area contributed by atoms with Gasteiger partial charge in [-0.3, -0.25) is 9.59 Å². The first-order valence-electron chi connectivity index (χ1n) is 10.2. The molecule has 150 valence electrons. The van der Waals surface area contributed by atoms with Crippen LogP contribution >= 0.6 is 0 Å². The van der Waals surface area contributed by atoms with Crippen molar-refractivity contribution in [3.8, 4) is 0 Å². The number of hydrogen-bond acceptors (Lipinski definition) is 3. The van der Waals surface area contributed by atoms with E-state index in [1.165, 1.54) is 0 Å². The number of carbonyl (C=O) groups excluding carboxylic acids is 2. The van der Waals surface area contributed by atoms with Gasteiger partial charge in [-0.2, -0.15) is 0 Å². The van der Waals surface area contributed by atoms with Gasteiger partial charge < -0.3 is 14.8 Å². The van der Waals surface area contributed by atoms with Gasteiger partial charge >= 0.3 is 0 Å². The van der Waals surface area contributed by atoms with Gasteiger partial charge in [-0.05, 0) is 37.5 Å². The van der Waals surface area contributed by atoms with Crippen LogP contribution in [0, 0.1) is 6.92 Å². The van der Waals surface area contributed by atoms with E-state index in [1.807, 2.05) is 55.5 Å². The number of likely N-dealkylation sites (tertiary alicyclic amines) is 1. The number of nitrogens with one attached hydrogen (secondary N) is 1. The second-order valence-corrected chi connectivity index (χ2v) is 7.51. The monoisotopic (exact) mass is 390 g/mol. The zero-order valence-corrected chi connectivity index (χ0v) is 16.7. The van der Waals surface area contributed by atoms with E-state index in [-0.39, 0.29) is 17.9 Å². The van der Waals surface area contributed by atoms with E-state index < -0.39 is 0 Å². The Bertz CT molecular complexity index is 1010. The van der Waals surface area contributed by atoms with Gasteiger partial charge in [0, 0.05) is 26.1 Å². The van der Waals surface area contributed by atoms with Gasteiger partial charge in [0.1, 0.15) is 11.9 Å². The van der Waals surface area contributed by atoms with Gasteiger partial charge in [-0.1, -0.05) is 42.5 Å². The second-order valence-electron chi connectivity index (χ2n) is 7.51. The van der Waals surface area contributed by atoms with Crippen molar-refractivity contribution in [3.05, 3.63) is 66.0 Å². The Morgan fingerprint density at radius 1 is 1.14 bits per heavy atom. The number of rotatable bonds is 7. The highest BCUT2D eigenvalue weighted by Crippen LogP contribution is 2.22. The van der Waals surface area contributed by atoms with E-state index in [4.69, 9.17) is 0 Å². The van der Waals surface area contributed by atoms with Gasteiger partial charge in [0.15, 0.2) is 0 Å². The number of fused-ring (bicyclic) bond motifs is 1. The van der Waals surface area contributed by atoms with E-state index in [0.717, 1.165) is 35.4 Å². The van der Waals surface area contributed by atoms with E-state index in [9.17, 15) is 9.59 Å². The van der Waals surface area contributed by atoms with Gasteiger partial charge in [-0.25, -0.2) is 4.98 Å². The maximum atomic E-state index is 12.7. The fourth-order valence-electron chi connectivity index (χ4n) is 4.03. The molecule has 1 atom stereocenters. The number of aryl methyl sites for hydroxylation is 2. The molecule has 0 bridgehead atoms. The molecule has 2 amide bonds. The molecule has 0 spiro atoms. The van der Waals surface area contributed by atoms with E-state index >= 15 is 0 Å². The number of imidazole rings is 1. The van der Waals surface area contributed by atoms with Crippen molar-refractivity contribution in [1.82, 2.24) is 19.8 Å². The van der Waals surface area contributed by atoms with Gasteiger partial charge in [0.25, 0.3) is 0 Å². The summed E-state index contributed by atoms with van der Waals surface area (Å²) in [7, 11) is 0. The van der Waals surface area contributed by atoms with Crippen LogP contribution in [0.15, 0.2) is 54.6 Å². The topological polar surface area (TPSA) is 67.2 Å². The highest BCUT2D eigenvalue weighted by molar-refractivity contribution is 5.90. The molecule has 1 N–H and O–H groups in total. The maximum Gasteiger partial charge on any atom is 0.242 e. The molecule has 1 aliphatic heterocycles. The predicted molar refractivity (Wildman–Crippen MR) is 112 cm³/mol. The fourth-order valence-corrected chi connectivity index (χ4v) is 4.03. The molecule has 1 unspecified atom stereocenters. The Labute approximate surface area is 170 Å². The molecule has 0 aliphatic carbocycles. The van der Waals surface area contributed by atoms with Crippen LogP contribution in [0.2, 0.25) is 0 Å². The minimum absolute atomic E-state index is 0.0505. The Morgan fingerprint density at radius 2 is 1.90 bits per heavy atom. The van der Waals surface area contributed by atoms with Crippen LogP contribution in [-0.4, -0.2) is 38.9 Å². The fraction of sp³-hybridized carbons (Fsp3) is 0.348. The van der Waals surface area contributed by atoms with Crippen molar-refractivity contribution in [2.45, 2.75) is 45.3 Å². The van der Waals surface area contributed by atoms with Crippen molar-refractivity contribution in [1.29, 1.82) is 0 Å². The standard InChI is InChI=1S/C23H26N4O2/c1-17-25-19-10-5-6-11-20(19)26(17)15-7-14-24-23(29)21-12-13-22(28)27(21)16-18-8-3-2-4-9-18/h2-6,8-11,21H,7,12-16H2,1H3,(H,24,29). The molecule has 0 radical (unpaired) electrons. The Balaban J connectivity index is 1.32. The van der Waals surface area contributed by atoms with Crippen LogP contribution < -0.4 is 5.32 Å². The molecule has 4 rings (SSSR count). The summed E-state index contributed by atoms with van der Waals surface area (Å²) in [5, 5.41) is 3.02. The lowest BCUT2D eigenvalue weighted by molar-refractivity contribution is -0.135. The van der Waals surface area contributed by atoms with Crippen LogP contribution in [0.5, 0.6) is 0 Å². The van der Waals surface area contributed by atoms with Gasteiger partial charge in [0.2, 0.25) is 11.8 Å². The van der Waals surface area contributed by atoms with Gasteiger partial charge in [-0.15, -0.1) is 0 Å². The first kappa shape index (κ1) is 19.2. The molecule has 1 aromatic heterocycles. The molecule has 2 heterocycles. The van der Waals surface area contributed by atoms with E-state index in [0.29, 0.717) is 25.9 Å². The smallest absolute Gasteiger partial charge is 0.242 e. The SMILES string of the molecule is Cc1nc2ccccc2n1CCCNC(=O)C1CCC(=O)N1Cc1ccccc1. The largest absolute Gasteiger partial charge is 0.354 e. The Morgan fingerprint density at radius 3 is 2.72 bits per heavy atom. The molecule has 3 aromatic rings. The molecule has 1 fully saturated rings. The summed E-state index contributed by atoms with van der Waals surface area (Å²) in [5.41, 5.74) is 3.16. The third kappa shape index (κ3) is 4.16. The molecule has 2 aromatic carbocycles. The summed E-state index contributed by atoms with van der Waals surface area (Å²) in [5.74, 6) is 0.974. The Hall–Kier alpha value is -3.15. The van der Waals surface area contributed by atoms with Crippen LogP contribution in [0.3, 0.4) is 0 Å². The van der Waals surface area contributed by atoms with Crippen molar-refractivity contribution >= 4 is 22.8 Å². The molecular weight excluding hydrogens is 364 g/mol. The van der Waals surface area contributed by atoms with Crippen molar-refractivity contribution in [2.75, 3.05) is 6.54 Å². The zero-order chi connectivity index (χ0) is 20.2. The maximum absolute atomic E-state index is 12.7. The van der Waals surface area contributed by atoms with Crippen LogP contribution in [0.1, 0.15) is 30.7 Å². The number of aromatic nitrogens is 2. The number of carbonyl (C=O) groups is 2. The quantitative estimate of drug-likeness (QED) is 0.631. The van der Waals surface area contributed by atoms with Crippen LogP contribution in [0.4, 0.5) is 0 Å². The van der Waals surface area contributed by atoms with E-state index in [1.54, 1.807) is 4.90 Å². The van der Waals surface area contributed by atoms with Gasteiger partial charge in [0.05, 0.1) is 11.0 Å². The first-order valence-corrected chi connectivity index (χ1v) is 10.2. The summed E-state index contributed by atoms with van der Waals surface area (Å²) in [6, 6.07) is 17.5. The van der Waals surface area contributed by atoms with E-state index in [2.05, 4.69) is 20.9 Å². The Kier molecular flexibility index (Phi) is 5.60. The number of amides is 2. The predicted octanol–water partition coefficient (Wildman–Crippen LogP) is 3.04. The average molecular weight is 390 g/mol. The summed E-state index contributed by atoms with van der Waals surface area (Å²) in [4.78, 5) is 31.3. The minimum Gasteiger partial charge on any atom is -0.354 e. The van der Waals surface area contributed by atoms with Crippen LogP contribution in [0.25, 0.3) is 11.0 Å². The summed E-state index contributed by atoms with van der Waals surface area (Å²) in [6.45, 7) is 3.86. The van der Waals surface area contributed by atoms with Crippen molar-refractivity contribution in [3.63, 3.8) is 0 Å². The lowest BCUT2D eigenvalue weighted by Gasteiger charge is -2.24. The molecule has 0 saturated carbocycles. The van der Waals surface area contributed by atoms with Crippen molar-refractivity contribution < 1.29 is 9.59 Å². The van der Waals surface area contributed by atoms with Crippen LogP contribution in [-0.2, 0) is 22.7 Å². The number of para-hydroxylation sites is 2. The minimum atomic E-state index is -0.376. The third-order valence-corrected chi connectivity index (χ3v) is 5.53. The molecule has 6 heteroatoms. The first-order chi connectivity index (χ1) is 14.1. The number of hydrogen-bond donors (Lipinski definition) is 1. The second kappa shape index (κ2) is 8.47. The summed E-state index contributed by atoms with van der Waals surface area (Å²) < 4.78 is 2.18. The molecule has 6 nitrogen and oxygen atoms in total. The molecule has 1 saturated heterocycles. The molecule has 1 aliphatic rings.